The highest BCUT2D eigenvalue weighted by atomic mass is 16.5. The Bertz CT molecular complexity index is 573. The Labute approximate surface area is 126 Å². The molecule has 2 aromatic rings. The maximum Gasteiger partial charge on any atom is 0.258 e. The van der Waals surface area contributed by atoms with Gasteiger partial charge in [-0.3, -0.25) is 4.79 Å². The highest BCUT2D eigenvalue weighted by molar-refractivity contribution is 5.77. The first-order valence-corrected chi connectivity index (χ1v) is 7.21. The van der Waals surface area contributed by atoms with Crippen molar-refractivity contribution in [2.75, 3.05) is 6.61 Å². The Kier molecular flexibility index (Phi) is 5.38. The van der Waals surface area contributed by atoms with Crippen LogP contribution >= 0.6 is 0 Å². The van der Waals surface area contributed by atoms with Crippen LogP contribution in [0.15, 0.2) is 48.5 Å². The van der Waals surface area contributed by atoms with E-state index in [1.165, 1.54) is 11.1 Å². The van der Waals surface area contributed by atoms with Crippen molar-refractivity contribution in [3.8, 4) is 5.75 Å². The monoisotopic (exact) mass is 283 g/mol. The molecule has 0 radical (unpaired) electrons. The predicted octanol–water partition coefficient (Wildman–Crippen LogP) is 3.25. The summed E-state index contributed by atoms with van der Waals surface area (Å²) in [5.74, 6) is 0.604. The highest BCUT2D eigenvalue weighted by Crippen LogP contribution is 2.12. The lowest BCUT2D eigenvalue weighted by Gasteiger charge is -2.08. The molecule has 0 heterocycles. The lowest BCUT2D eigenvalue weighted by atomic mass is 10.1. The lowest BCUT2D eigenvalue weighted by molar-refractivity contribution is -0.123. The summed E-state index contributed by atoms with van der Waals surface area (Å²) in [6.45, 7) is 4.71. The number of carbonyl (C=O) groups excluding carboxylic acids is 1. The van der Waals surface area contributed by atoms with Gasteiger partial charge in [-0.05, 0) is 36.6 Å². The van der Waals surface area contributed by atoms with Gasteiger partial charge in [-0.1, -0.05) is 48.9 Å². The highest BCUT2D eigenvalue weighted by Gasteiger charge is 2.03. The van der Waals surface area contributed by atoms with E-state index in [0.29, 0.717) is 6.54 Å². The molecule has 0 unspecified atom stereocenters. The number of ether oxygens (including phenoxy) is 1. The van der Waals surface area contributed by atoms with Gasteiger partial charge in [0.05, 0.1) is 0 Å². The molecule has 1 N–H and O–H groups in total. The Hall–Kier alpha value is -2.29. The molecule has 0 atom stereocenters. The van der Waals surface area contributed by atoms with Gasteiger partial charge >= 0.3 is 0 Å². The summed E-state index contributed by atoms with van der Waals surface area (Å²) in [6, 6.07) is 15.9. The fraction of sp³-hybridized carbons (Fsp3) is 0.278. The maximum absolute atomic E-state index is 11.7. The van der Waals surface area contributed by atoms with E-state index in [9.17, 15) is 4.79 Å². The molecule has 110 valence electrons. The topological polar surface area (TPSA) is 38.3 Å². The summed E-state index contributed by atoms with van der Waals surface area (Å²) in [5, 5.41) is 2.85. The third-order valence-electron chi connectivity index (χ3n) is 3.31. The molecule has 0 aromatic heterocycles. The molecule has 0 spiro atoms. The van der Waals surface area contributed by atoms with E-state index in [1.807, 2.05) is 55.5 Å². The van der Waals surface area contributed by atoms with Crippen molar-refractivity contribution in [2.45, 2.75) is 26.8 Å². The largest absolute Gasteiger partial charge is 0.484 e. The first kappa shape index (κ1) is 15.1. The average molecular weight is 283 g/mol. The number of amides is 1. The minimum Gasteiger partial charge on any atom is -0.484 e. The molecule has 0 bridgehead atoms. The molecule has 3 nitrogen and oxygen atoms in total. The number of nitrogens with one attached hydrogen (secondary N) is 1. The zero-order valence-corrected chi connectivity index (χ0v) is 12.6. The van der Waals surface area contributed by atoms with E-state index >= 15 is 0 Å². The number of carbonyl (C=O) groups is 1. The molecule has 2 aromatic carbocycles. The lowest BCUT2D eigenvalue weighted by Crippen LogP contribution is -2.28. The van der Waals surface area contributed by atoms with Gasteiger partial charge in [0.25, 0.3) is 5.91 Å². The molecule has 0 aliphatic heterocycles. The molecule has 0 saturated heterocycles. The van der Waals surface area contributed by atoms with Crippen LogP contribution in [0.3, 0.4) is 0 Å². The Morgan fingerprint density at radius 2 is 1.62 bits per heavy atom. The Morgan fingerprint density at radius 3 is 2.24 bits per heavy atom. The molecule has 0 aliphatic rings. The van der Waals surface area contributed by atoms with E-state index in [2.05, 4.69) is 12.2 Å². The minimum atomic E-state index is -0.116. The Morgan fingerprint density at radius 1 is 1.00 bits per heavy atom. The van der Waals surface area contributed by atoms with Gasteiger partial charge in [0.15, 0.2) is 6.61 Å². The maximum atomic E-state index is 11.7. The van der Waals surface area contributed by atoms with Crippen LogP contribution in [0.4, 0.5) is 0 Å². The first-order chi connectivity index (χ1) is 10.2. The zero-order valence-electron chi connectivity index (χ0n) is 12.6. The molecular formula is C18H21NO2. The summed E-state index contributed by atoms with van der Waals surface area (Å²) in [5.41, 5.74) is 3.55. The molecular weight excluding hydrogens is 262 g/mol. The number of aryl methyl sites for hydroxylation is 2. The second-order valence-electron chi connectivity index (χ2n) is 5.05. The van der Waals surface area contributed by atoms with Crippen LogP contribution in [0.25, 0.3) is 0 Å². The van der Waals surface area contributed by atoms with Gasteiger partial charge in [0.1, 0.15) is 5.75 Å². The predicted molar refractivity (Wildman–Crippen MR) is 84.3 cm³/mol. The van der Waals surface area contributed by atoms with E-state index in [1.54, 1.807) is 0 Å². The fourth-order valence-electron chi connectivity index (χ4n) is 1.93. The third-order valence-corrected chi connectivity index (χ3v) is 3.31. The minimum absolute atomic E-state index is 0.0390. The molecule has 1 amide bonds. The number of rotatable bonds is 6. The van der Waals surface area contributed by atoms with Crippen LogP contribution < -0.4 is 10.1 Å². The van der Waals surface area contributed by atoms with Gasteiger partial charge in [-0.2, -0.15) is 0 Å². The average Bonchev–Trinajstić information content (AvgIpc) is 2.53. The van der Waals surface area contributed by atoms with E-state index in [4.69, 9.17) is 4.74 Å². The van der Waals surface area contributed by atoms with E-state index < -0.39 is 0 Å². The van der Waals surface area contributed by atoms with Gasteiger partial charge < -0.3 is 10.1 Å². The van der Waals surface area contributed by atoms with Crippen molar-refractivity contribution in [3.63, 3.8) is 0 Å². The third kappa shape index (κ3) is 4.95. The number of hydrogen-bond acceptors (Lipinski definition) is 2. The van der Waals surface area contributed by atoms with Crippen LogP contribution in [0.1, 0.15) is 23.6 Å². The van der Waals surface area contributed by atoms with Crippen LogP contribution in [0, 0.1) is 6.92 Å². The van der Waals surface area contributed by atoms with Crippen LogP contribution in [-0.2, 0) is 17.8 Å². The van der Waals surface area contributed by atoms with Gasteiger partial charge in [-0.25, -0.2) is 0 Å². The first-order valence-electron chi connectivity index (χ1n) is 7.21. The SMILES string of the molecule is CCc1ccc(OCC(=O)NCc2ccc(C)cc2)cc1. The van der Waals surface area contributed by atoms with E-state index in [-0.39, 0.29) is 12.5 Å². The summed E-state index contributed by atoms with van der Waals surface area (Å²) < 4.78 is 5.46. The molecule has 0 fully saturated rings. The number of benzene rings is 2. The van der Waals surface area contributed by atoms with Crippen molar-refractivity contribution in [3.05, 3.63) is 65.2 Å². The molecule has 0 aliphatic carbocycles. The number of hydrogen-bond donors (Lipinski definition) is 1. The van der Waals surface area contributed by atoms with Gasteiger partial charge in [0, 0.05) is 6.54 Å². The summed E-state index contributed by atoms with van der Waals surface area (Å²) >= 11 is 0. The normalized spacial score (nSPS) is 10.2. The molecule has 2 rings (SSSR count). The van der Waals surface area contributed by atoms with Crippen molar-refractivity contribution in [1.82, 2.24) is 5.32 Å². The van der Waals surface area contributed by atoms with Crippen LogP contribution in [0.5, 0.6) is 5.75 Å². The van der Waals surface area contributed by atoms with Crippen molar-refractivity contribution >= 4 is 5.91 Å². The molecule has 0 saturated carbocycles. The summed E-state index contributed by atoms with van der Waals surface area (Å²) in [7, 11) is 0. The summed E-state index contributed by atoms with van der Waals surface area (Å²) in [4.78, 5) is 11.7. The van der Waals surface area contributed by atoms with Gasteiger partial charge in [-0.15, -0.1) is 0 Å². The standard InChI is InChI=1S/C18H21NO2/c1-3-15-8-10-17(11-9-15)21-13-18(20)19-12-16-6-4-14(2)5-7-16/h4-11H,3,12-13H2,1-2H3,(H,19,20). The smallest absolute Gasteiger partial charge is 0.258 e. The van der Waals surface area contributed by atoms with Crippen molar-refractivity contribution in [2.24, 2.45) is 0 Å². The van der Waals surface area contributed by atoms with Crippen molar-refractivity contribution in [1.29, 1.82) is 0 Å². The second-order valence-corrected chi connectivity index (χ2v) is 5.05. The van der Waals surface area contributed by atoms with E-state index in [0.717, 1.165) is 17.7 Å². The van der Waals surface area contributed by atoms with Gasteiger partial charge in [0.2, 0.25) is 0 Å². The Balaban J connectivity index is 1.75. The second kappa shape index (κ2) is 7.48. The zero-order chi connectivity index (χ0) is 15.1. The van der Waals surface area contributed by atoms with Crippen LogP contribution in [-0.4, -0.2) is 12.5 Å². The quantitative estimate of drug-likeness (QED) is 0.883. The van der Waals surface area contributed by atoms with Crippen LogP contribution in [0.2, 0.25) is 0 Å². The fourth-order valence-corrected chi connectivity index (χ4v) is 1.93. The molecule has 3 heteroatoms. The molecule has 21 heavy (non-hydrogen) atoms. The summed E-state index contributed by atoms with van der Waals surface area (Å²) in [6.07, 6.45) is 0.997. The van der Waals surface area contributed by atoms with Crippen molar-refractivity contribution < 1.29 is 9.53 Å².